The third-order valence-corrected chi connectivity index (χ3v) is 3.20. The first-order valence-corrected chi connectivity index (χ1v) is 6.65. The molecule has 0 aromatic carbocycles. The summed E-state index contributed by atoms with van der Waals surface area (Å²) in [6.07, 6.45) is 11.1. The fourth-order valence-corrected chi connectivity index (χ4v) is 1.95. The van der Waals surface area contributed by atoms with E-state index in [1.165, 1.54) is 24.0 Å². The van der Waals surface area contributed by atoms with Crippen molar-refractivity contribution < 1.29 is 9.13 Å². The molecule has 0 atom stereocenters. The number of pyridine rings is 2. The highest BCUT2D eigenvalue weighted by Crippen LogP contribution is 1.94. The Kier molecular flexibility index (Phi) is 4.46. The van der Waals surface area contributed by atoms with Gasteiger partial charge in [-0.3, -0.25) is 0 Å². The van der Waals surface area contributed by atoms with Gasteiger partial charge >= 0.3 is 0 Å². The lowest BCUT2D eigenvalue weighted by Gasteiger charge is -1.98. The second kappa shape index (κ2) is 6.29. The zero-order valence-corrected chi connectivity index (χ0v) is 11.3. The van der Waals surface area contributed by atoms with E-state index in [4.69, 9.17) is 0 Å². The third kappa shape index (κ3) is 3.95. The van der Waals surface area contributed by atoms with Gasteiger partial charge in [-0.1, -0.05) is 0 Å². The maximum absolute atomic E-state index is 2.26. The summed E-state index contributed by atoms with van der Waals surface area (Å²) in [5.41, 5.74) is 2.64. The monoisotopic (exact) mass is 242 g/mol. The molecule has 0 aliphatic heterocycles. The van der Waals surface area contributed by atoms with Crippen LogP contribution in [0.25, 0.3) is 0 Å². The van der Waals surface area contributed by atoms with Crippen LogP contribution in [0.4, 0.5) is 0 Å². The quantitative estimate of drug-likeness (QED) is 0.562. The second-order valence-electron chi connectivity index (χ2n) is 4.93. The van der Waals surface area contributed by atoms with Crippen molar-refractivity contribution in [2.24, 2.45) is 0 Å². The van der Waals surface area contributed by atoms with Crippen molar-refractivity contribution in [1.29, 1.82) is 0 Å². The van der Waals surface area contributed by atoms with Crippen LogP contribution in [-0.2, 0) is 13.1 Å². The SMILES string of the molecule is Cc1cc[n+](CCCC[n+]2ccc(C)cc2)cc1. The van der Waals surface area contributed by atoms with E-state index in [1.807, 2.05) is 0 Å². The van der Waals surface area contributed by atoms with Crippen LogP contribution in [0.3, 0.4) is 0 Å². The molecular formula is C16H22N2+2. The highest BCUT2D eigenvalue weighted by atomic mass is 14.9. The molecule has 0 spiro atoms. The summed E-state index contributed by atoms with van der Waals surface area (Å²) in [6, 6.07) is 8.65. The molecule has 2 nitrogen and oxygen atoms in total. The molecule has 0 aliphatic rings. The molecule has 18 heavy (non-hydrogen) atoms. The van der Waals surface area contributed by atoms with Crippen molar-refractivity contribution in [1.82, 2.24) is 0 Å². The number of hydrogen-bond acceptors (Lipinski definition) is 0. The molecule has 2 heterocycles. The molecule has 0 unspecified atom stereocenters. The largest absolute Gasteiger partial charge is 0.205 e. The lowest BCUT2D eigenvalue weighted by Crippen LogP contribution is -2.35. The van der Waals surface area contributed by atoms with E-state index in [-0.39, 0.29) is 0 Å². The highest BCUT2D eigenvalue weighted by Gasteiger charge is 2.02. The molecule has 0 aliphatic carbocycles. The molecule has 2 aromatic rings. The lowest BCUT2D eigenvalue weighted by molar-refractivity contribution is -0.708. The normalized spacial score (nSPS) is 10.6. The van der Waals surface area contributed by atoms with E-state index >= 15 is 0 Å². The Morgan fingerprint density at radius 2 is 1.00 bits per heavy atom. The van der Waals surface area contributed by atoms with Crippen LogP contribution in [0, 0.1) is 13.8 Å². The minimum Gasteiger partial charge on any atom is -0.205 e. The van der Waals surface area contributed by atoms with E-state index in [0.717, 1.165) is 13.1 Å². The maximum atomic E-state index is 2.26. The first-order chi connectivity index (χ1) is 8.74. The van der Waals surface area contributed by atoms with Crippen molar-refractivity contribution in [3.8, 4) is 0 Å². The van der Waals surface area contributed by atoms with Crippen LogP contribution in [0.2, 0.25) is 0 Å². The molecule has 0 N–H and O–H groups in total. The zero-order valence-electron chi connectivity index (χ0n) is 11.3. The van der Waals surface area contributed by atoms with Crippen LogP contribution in [0.15, 0.2) is 49.1 Å². The Balaban J connectivity index is 1.73. The van der Waals surface area contributed by atoms with Crippen molar-refractivity contribution in [3.63, 3.8) is 0 Å². The average Bonchev–Trinajstić information content (AvgIpc) is 2.39. The van der Waals surface area contributed by atoms with Crippen molar-refractivity contribution in [2.45, 2.75) is 39.8 Å². The number of rotatable bonds is 5. The smallest absolute Gasteiger partial charge is 0.169 e. The molecule has 94 valence electrons. The van der Waals surface area contributed by atoms with Gasteiger partial charge in [0.25, 0.3) is 0 Å². The molecule has 2 heteroatoms. The topological polar surface area (TPSA) is 7.76 Å². The minimum atomic E-state index is 1.10. The molecule has 2 aromatic heterocycles. The van der Waals surface area contributed by atoms with Crippen LogP contribution in [0.1, 0.15) is 24.0 Å². The summed E-state index contributed by atoms with van der Waals surface area (Å²) in [7, 11) is 0. The number of aryl methyl sites for hydroxylation is 4. The van der Waals surface area contributed by atoms with Crippen LogP contribution in [-0.4, -0.2) is 0 Å². The molecule has 0 radical (unpaired) electrons. The molecular weight excluding hydrogens is 220 g/mol. The molecule has 0 amide bonds. The lowest BCUT2D eigenvalue weighted by atomic mass is 10.2. The van der Waals surface area contributed by atoms with Gasteiger partial charge in [0.1, 0.15) is 13.1 Å². The Hall–Kier alpha value is -1.70. The molecule has 0 bridgehead atoms. The van der Waals surface area contributed by atoms with E-state index < -0.39 is 0 Å². The molecule has 2 rings (SSSR count). The summed E-state index contributed by atoms with van der Waals surface area (Å²) in [5, 5.41) is 0. The van der Waals surface area contributed by atoms with Crippen LogP contribution < -0.4 is 9.13 Å². The van der Waals surface area contributed by atoms with Gasteiger partial charge in [-0.15, -0.1) is 0 Å². The van der Waals surface area contributed by atoms with Crippen molar-refractivity contribution in [2.75, 3.05) is 0 Å². The van der Waals surface area contributed by atoms with Gasteiger partial charge in [0, 0.05) is 37.1 Å². The van der Waals surface area contributed by atoms with E-state index in [0.29, 0.717) is 0 Å². The Morgan fingerprint density at radius 1 is 0.667 bits per heavy atom. The van der Waals surface area contributed by atoms with Crippen LogP contribution >= 0.6 is 0 Å². The first-order valence-electron chi connectivity index (χ1n) is 6.65. The first kappa shape index (κ1) is 12.7. The van der Waals surface area contributed by atoms with Gasteiger partial charge in [0.05, 0.1) is 0 Å². The predicted octanol–water partition coefficient (Wildman–Crippen LogP) is 2.36. The van der Waals surface area contributed by atoms with Gasteiger partial charge in [0.2, 0.25) is 0 Å². The average molecular weight is 242 g/mol. The Labute approximate surface area is 110 Å². The van der Waals surface area contributed by atoms with Gasteiger partial charge in [-0.25, -0.2) is 9.13 Å². The standard InChI is InChI=1S/C16H22N2/c1-15-5-11-17(12-6-15)9-3-4-10-18-13-7-16(2)8-14-18/h5-8,11-14H,3-4,9-10H2,1-2H3/q+2. The van der Waals surface area contributed by atoms with E-state index in [2.05, 4.69) is 72.0 Å². The maximum Gasteiger partial charge on any atom is 0.169 e. The summed E-state index contributed by atoms with van der Waals surface area (Å²) in [5.74, 6) is 0. The van der Waals surface area contributed by atoms with Gasteiger partial charge in [0.15, 0.2) is 24.8 Å². The van der Waals surface area contributed by atoms with Crippen molar-refractivity contribution >= 4 is 0 Å². The van der Waals surface area contributed by atoms with Gasteiger partial charge in [-0.2, -0.15) is 0 Å². The number of nitrogens with zero attached hydrogens (tertiary/aromatic N) is 2. The van der Waals surface area contributed by atoms with Crippen molar-refractivity contribution in [3.05, 3.63) is 60.2 Å². The van der Waals surface area contributed by atoms with E-state index in [1.54, 1.807) is 0 Å². The Morgan fingerprint density at radius 3 is 1.33 bits per heavy atom. The summed E-state index contributed by atoms with van der Waals surface area (Å²) >= 11 is 0. The fraction of sp³-hybridized carbons (Fsp3) is 0.375. The summed E-state index contributed by atoms with van der Waals surface area (Å²) in [4.78, 5) is 0. The van der Waals surface area contributed by atoms with Gasteiger partial charge in [-0.05, 0) is 25.0 Å². The minimum absolute atomic E-state index is 1.10. The zero-order chi connectivity index (χ0) is 12.8. The fourth-order valence-electron chi connectivity index (χ4n) is 1.95. The second-order valence-corrected chi connectivity index (χ2v) is 4.93. The van der Waals surface area contributed by atoms with Gasteiger partial charge < -0.3 is 0 Å². The highest BCUT2D eigenvalue weighted by molar-refractivity contribution is 5.03. The number of aromatic nitrogens is 2. The summed E-state index contributed by atoms with van der Waals surface area (Å²) < 4.78 is 4.51. The van der Waals surface area contributed by atoms with Crippen LogP contribution in [0.5, 0.6) is 0 Å². The Bertz CT molecular complexity index is 424. The molecule has 0 fully saturated rings. The van der Waals surface area contributed by atoms with E-state index in [9.17, 15) is 0 Å². The summed E-state index contributed by atoms with van der Waals surface area (Å²) in [6.45, 7) is 6.45. The molecule has 0 saturated heterocycles. The number of unbranched alkanes of at least 4 members (excludes halogenated alkanes) is 1. The third-order valence-electron chi connectivity index (χ3n) is 3.20. The number of hydrogen-bond donors (Lipinski definition) is 0. The predicted molar refractivity (Wildman–Crippen MR) is 72.0 cm³/mol. The molecule has 0 saturated carbocycles.